The lowest BCUT2D eigenvalue weighted by atomic mass is 10.2. The normalized spacial score (nSPS) is 11.0. The predicted octanol–water partition coefficient (Wildman–Crippen LogP) is 0.629. The second-order valence-electron chi connectivity index (χ2n) is 4.68. The van der Waals surface area contributed by atoms with Gasteiger partial charge in [-0.15, -0.1) is 0 Å². The van der Waals surface area contributed by atoms with E-state index in [9.17, 15) is 13.2 Å². The van der Waals surface area contributed by atoms with Crippen molar-refractivity contribution in [2.24, 2.45) is 0 Å². The number of hydrogen-bond acceptors (Lipinski definition) is 4. The van der Waals surface area contributed by atoms with Crippen molar-refractivity contribution in [3.05, 3.63) is 60.4 Å². The summed E-state index contributed by atoms with van der Waals surface area (Å²) in [7, 11) is -2.19. The molecule has 0 spiro atoms. The monoisotopic (exact) mass is 321 g/mol. The summed E-state index contributed by atoms with van der Waals surface area (Å²) in [5.74, 6) is -0.197. The summed E-state index contributed by atoms with van der Waals surface area (Å²) >= 11 is 0. The largest absolute Gasteiger partial charge is 0.497 e. The van der Waals surface area contributed by atoms with Crippen molar-refractivity contribution in [1.82, 2.24) is 4.72 Å². The minimum absolute atomic E-state index is 0.0529. The molecule has 1 N–H and O–H groups in total. The van der Waals surface area contributed by atoms with Crippen LogP contribution in [0.25, 0.3) is 0 Å². The maximum Gasteiger partial charge on any atom is 0.299 e. The number of benzene rings is 1. The van der Waals surface area contributed by atoms with Gasteiger partial charge in [0.05, 0.1) is 12.9 Å². The molecule has 0 unspecified atom stereocenters. The van der Waals surface area contributed by atoms with E-state index in [0.717, 1.165) is 0 Å². The van der Waals surface area contributed by atoms with E-state index in [1.54, 1.807) is 53.4 Å². The molecular weight excluding hydrogens is 304 g/mol. The molecule has 0 radical (unpaired) electrons. The first-order valence-corrected chi connectivity index (χ1v) is 8.24. The van der Waals surface area contributed by atoms with Crippen LogP contribution < -0.4 is 14.0 Å². The number of pyridine rings is 1. The average molecular weight is 321 g/mol. The number of carbonyl (C=O) groups excluding carboxylic acids is 1. The first-order chi connectivity index (χ1) is 10.5. The molecule has 0 aliphatic heterocycles. The van der Waals surface area contributed by atoms with Gasteiger partial charge >= 0.3 is 0 Å². The molecule has 0 fully saturated rings. The fourth-order valence-corrected chi connectivity index (χ4v) is 3.00. The molecule has 0 saturated heterocycles. The predicted molar refractivity (Wildman–Crippen MR) is 80.4 cm³/mol. The lowest BCUT2D eigenvalue weighted by Crippen LogP contribution is -2.44. The molecule has 0 atom stereocenters. The zero-order valence-electron chi connectivity index (χ0n) is 12.1. The molecule has 1 amide bonds. The van der Waals surface area contributed by atoms with Crippen LogP contribution in [0.15, 0.2) is 54.9 Å². The van der Waals surface area contributed by atoms with E-state index in [4.69, 9.17) is 4.74 Å². The topological polar surface area (TPSA) is 76.3 Å². The lowest BCUT2D eigenvalue weighted by Gasteiger charge is -2.06. The molecule has 2 aromatic rings. The van der Waals surface area contributed by atoms with E-state index >= 15 is 0 Å². The Balaban J connectivity index is 1.96. The fraction of sp³-hybridized carbons (Fsp3) is 0.200. The van der Waals surface area contributed by atoms with Crippen molar-refractivity contribution < 1.29 is 22.5 Å². The first-order valence-electron chi connectivity index (χ1n) is 6.59. The molecule has 0 saturated carbocycles. The van der Waals surface area contributed by atoms with Crippen LogP contribution in [0.5, 0.6) is 5.75 Å². The zero-order valence-corrected chi connectivity index (χ0v) is 12.9. The van der Waals surface area contributed by atoms with Crippen molar-refractivity contribution in [2.45, 2.75) is 12.3 Å². The second kappa shape index (κ2) is 7.04. The van der Waals surface area contributed by atoms with Crippen LogP contribution in [0.1, 0.15) is 5.56 Å². The standard InChI is InChI=1S/C15H16N2O4S/c1-21-14-7-5-13(6-8-14)12-22(19,20)16-15(18)11-17-9-3-2-4-10-17/h2-10H,11-12H2,1H3/p+1. The number of aromatic nitrogens is 1. The Hall–Kier alpha value is -2.41. The van der Waals surface area contributed by atoms with Crippen LogP contribution in [0.4, 0.5) is 0 Å². The molecule has 1 aromatic heterocycles. The molecule has 0 aliphatic rings. The first kappa shape index (κ1) is 16.0. The SMILES string of the molecule is COc1ccc(CS(=O)(=O)NC(=O)C[n+]2ccccc2)cc1. The molecule has 0 bridgehead atoms. The summed E-state index contributed by atoms with van der Waals surface area (Å²) in [6.07, 6.45) is 3.38. The van der Waals surface area contributed by atoms with Crippen LogP contribution >= 0.6 is 0 Å². The Bertz CT molecular complexity index is 728. The highest BCUT2D eigenvalue weighted by molar-refractivity contribution is 7.89. The van der Waals surface area contributed by atoms with Gasteiger partial charge in [-0.25, -0.2) is 13.1 Å². The molecule has 1 aromatic carbocycles. The number of sulfonamides is 1. The van der Waals surface area contributed by atoms with E-state index in [-0.39, 0.29) is 12.3 Å². The number of nitrogens with zero attached hydrogens (tertiary/aromatic N) is 1. The van der Waals surface area contributed by atoms with Crippen molar-refractivity contribution >= 4 is 15.9 Å². The third kappa shape index (κ3) is 4.85. The highest BCUT2D eigenvalue weighted by Crippen LogP contribution is 2.13. The third-order valence-corrected chi connectivity index (χ3v) is 4.14. The van der Waals surface area contributed by atoms with E-state index in [0.29, 0.717) is 11.3 Å². The van der Waals surface area contributed by atoms with Gasteiger partial charge in [-0.1, -0.05) is 18.2 Å². The van der Waals surface area contributed by atoms with E-state index in [2.05, 4.69) is 4.72 Å². The number of nitrogens with one attached hydrogen (secondary N) is 1. The van der Waals surface area contributed by atoms with Crippen LogP contribution in [-0.2, 0) is 27.1 Å². The van der Waals surface area contributed by atoms with Gasteiger partial charge < -0.3 is 4.74 Å². The van der Waals surface area contributed by atoms with Gasteiger partial charge in [-0.3, -0.25) is 4.79 Å². The number of carbonyl (C=O) groups is 1. The van der Waals surface area contributed by atoms with E-state index < -0.39 is 15.9 Å². The quantitative estimate of drug-likeness (QED) is 0.792. The molecule has 1 heterocycles. The molecular formula is C15H17N2O4S+. The minimum atomic E-state index is -3.73. The van der Waals surface area contributed by atoms with Gasteiger partial charge in [-0.05, 0) is 17.7 Å². The Morgan fingerprint density at radius 3 is 2.36 bits per heavy atom. The Morgan fingerprint density at radius 1 is 1.14 bits per heavy atom. The highest BCUT2D eigenvalue weighted by atomic mass is 32.2. The minimum Gasteiger partial charge on any atom is -0.497 e. The third-order valence-electron chi connectivity index (χ3n) is 2.89. The Kier molecular flexibility index (Phi) is 5.11. The van der Waals surface area contributed by atoms with E-state index in [1.165, 1.54) is 7.11 Å². The van der Waals surface area contributed by atoms with Gasteiger partial charge in [0.25, 0.3) is 5.91 Å². The summed E-state index contributed by atoms with van der Waals surface area (Å²) in [6.45, 7) is -0.0529. The average Bonchev–Trinajstić information content (AvgIpc) is 2.48. The summed E-state index contributed by atoms with van der Waals surface area (Å²) in [5, 5.41) is 0. The summed E-state index contributed by atoms with van der Waals surface area (Å²) in [5.41, 5.74) is 0.577. The molecule has 0 aliphatic carbocycles. The van der Waals surface area contributed by atoms with E-state index in [1.807, 2.05) is 6.07 Å². The van der Waals surface area contributed by atoms with Crippen LogP contribution in [0.3, 0.4) is 0 Å². The van der Waals surface area contributed by atoms with Gasteiger partial charge in [-0.2, -0.15) is 4.57 Å². The smallest absolute Gasteiger partial charge is 0.299 e. The van der Waals surface area contributed by atoms with Crippen LogP contribution in [0, 0.1) is 0 Å². The zero-order chi connectivity index (χ0) is 16.0. The number of rotatable bonds is 6. The maximum absolute atomic E-state index is 12.0. The van der Waals surface area contributed by atoms with Gasteiger partial charge in [0.2, 0.25) is 16.6 Å². The number of hydrogen-bond donors (Lipinski definition) is 1. The number of amides is 1. The molecule has 116 valence electrons. The van der Waals surface area contributed by atoms with Crippen molar-refractivity contribution in [3.8, 4) is 5.75 Å². The van der Waals surface area contributed by atoms with Crippen molar-refractivity contribution in [3.63, 3.8) is 0 Å². The number of methoxy groups -OCH3 is 1. The lowest BCUT2D eigenvalue weighted by molar-refractivity contribution is -0.684. The summed E-state index contributed by atoms with van der Waals surface area (Å²) < 4.78 is 32.6. The highest BCUT2D eigenvalue weighted by Gasteiger charge is 2.18. The summed E-state index contributed by atoms with van der Waals surface area (Å²) in [4.78, 5) is 11.8. The van der Waals surface area contributed by atoms with Gasteiger partial charge in [0.1, 0.15) is 5.75 Å². The Morgan fingerprint density at radius 2 is 1.77 bits per heavy atom. The molecule has 7 heteroatoms. The number of ether oxygens (including phenoxy) is 1. The van der Waals surface area contributed by atoms with Gasteiger partial charge in [0, 0.05) is 12.1 Å². The maximum atomic E-state index is 12.0. The summed E-state index contributed by atoms with van der Waals surface area (Å²) in [6, 6.07) is 12.0. The second-order valence-corrected chi connectivity index (χ2v) is 6.40. The fourth-order valence-electron chi connectivity index (χ4n) is 1.89. The molecule has 22 heavy (non-hydrogen) atoms. The molecule has 6 nitrogen and oxygen atoms in total. The van der Waals surface area contributed by atoms with Crippen LogP contribution in [0.2, 0.25) is 0 Å². The van der Waals surface area contributed by atoms with Crippen molar-refractivity contribution in [2.75, 3.05) is 7.11 Å². The van der Waals surface area contributed by atoms with Gasteiger partial charge in [0.15, 0.2) is 12.4 Å². The van der Waals surface area contributed by atoms with Crippen LogP contribution in [-0.4, -0.2) is 21.4 Å². The van der Waals surface area contributed by atoms with Crippen molar-refractivity contribution in [1.29, 1.82) is 0 Å². The Labute approximate surface area is 129 Å². The molecule has 2 rings (SSSR count).